The number of rotatable bonds is 4. The predicted octanol–water partition coefficient (Wildman–Crippen LogP) is -0.305. The molecular weight excluding hydrogens is 416 g/mol. The summed E-state index contributed by atoms with van der Waals surface area (Å²) in [6.07, 6.45) is 1.56. The second-order valence-corrected chi connectivity index (χ2v) is 8.97. The summed E-state index contributed by atoms with van der Waals surface area (Å²) >= 11 is 0. The first-order chi connectivity index (χ1) is 15.4. The number of nitrogens with zero attached hydrogens (tertiary/aromatic N) is 4. The first kappa shape index (κ1) is 21.5. The Balaban J connectivity index is 1.40. The van der Waals surface area contributed by atoms with Gasteiger partial charge in [0.1, 0.15) is 30.0 Å². The second-order valence-electron chi connectivity index (χ2n) is 8.97. The highest BCUT2D eigenvalue weighted by Crippen LogP contribution is 2.40. The molecule has 0 aromatic carbocycles. The number of aliphatic hydroxyl groups excluding tert-OH is 2. The van der Waals surface area contributed by atoms with E-state index in [1.807, 2.05) is 7.05 Å². The number of carbonyl (C=O) groups excluding carboxylic acids is 1. The van der Waals surface area contributed by atoms with Crippen molar-refractivity contribution in [2.24, 2.45) is 0 Å². The summed E-state index contributed by atoms with van der Waals surface area (Å²) in [5, 5.41) is 25.0. The molecule has 1 amide bonds. The lowest BCUT2D eigenvalue weighted by Crippen LogP contribution is -2.49. The Kier molecular flexibility index (Phi) is 5.76. The van der Waals surface area contributed by atoms with Crippen LogP contribution in [0.1, 0.15) is 43.6 Å². The molecule has 5 heterocycles. The van der Waals surface area contributed by atoms with E-state index in [9.17, 15) is 15.0 Å². The molecule has 0 saturated carbocycles. The van der Waals surface area contributed by atoms with E-state index in [0.717, 1.165) is 44.3 Å². The van der Waals surface area contributed by atoms with Crippen molar-refractivity contribution in [3.63, 3.8) is 0 Å². The van der Waals surface area contributed by atoms with Crippen molar-refractivity contribution in [1.82, 2.24) is 24.8 Å². The summed E-state index contributed by atoms with van der Waals surface area (Å²) < 4.78 is 13.4. The molecule has 11 heteroatoms. The number of nitrogens with two attached hydrogens (primary N) is 1. The van der Waals surface area contributed by atoms with Crippen molar-refractivity contribution in [2.45, 2.75) is 62.4 Å². The minimum atomic E-state index is -1.37. The lowest BCUT2D eigenvalue weighted by Gasteiger charge is -2.30. The molecule has 0 radical (unpaired) electrons. The molecule has 5 atom stereocenters. The van der Waals surface area contributed by atoms with Crippen molar-refractivity contribution in [3.8, 4) is 0 Å². The molecule has 0 bridgehead atoms. The van der Waals surface area contributed by atoms with Crippen molar-refractivity contribution < 1.29 is 24.5 Å². The average Bonchev–Trinajstić information content (AvgIpc) is 3.49. The molecule has 3 aliphatic rings. The number of aliphatic hydroxyl groups is 2. The maximum absolute atomic E-state index is 12.9. The Morgan fingerprint density at radius 1 is 1.22 bits per heavy atom. The first-order valence-electron chi connectivity index (χ1n) is 11.2. The molecule has 3 fully saturated rings. The minimum Gasteiger partial charge on any atom is -0.387 e. The molecule has 2 aromatic heterocycles. The summed E-state index contributed by atoms with van der Waals surface area (Å²) in [5.74, 6) is -0.109. The maximum atomic E-state index is 12.9. The van der Waals surface area contributed by atoms with Crippen LogP contribution in [0, 0.1) is 0 Å². The third-order valence-electron chi connectivity index (χ3n) is 6.78. The normalized spacial score (nSPS) is 32.0. The smallest absolute Gasteiger partial charge is 0.252 e. The molecule has 0 spiro atoms. The number of carbonyl (C=O) groups is 1. The number of amides is 1. The van der Waals surface area contributed by atoms with Crippen LogP contribution in [0.4, 0.5) is 5.82 Å². The van der Waals surface area contributed by atoms with Gasteiger partial charge in [-0.25, -0.2) is 9.97 Å². The first-order valence-corrected chi connectivity index (χ1v) is 11.2. The largest absolute Gasteiger partial charge is 0.387 e. The summed E-state index contributed by atoms with van der Waals surface area (Å²) in [6.45, 7) is 2.45. The van der Waals surface area contributed by atoms with E-state index in [2.05, 4.69) is 20.2 Å². The lowest BCUT2D eigenvalue weighted by atomic mass is 10.0. The molecule has 5 N–H and O–H groups in total. The number of hydrogen-bond donors (Lipinski definition) is 4. The lowest BCUT2D eigenvalue weighted by molar-refractivity contribution is -0.138. The Morgan fingerprint density at radius 3 is 2.72 bits per heavy atom. The van der Waals surface area contributed by atoms with Gasteiger partial charge < -0.3 is 40.2 Å². The highest BCUT2D eigenvalue weighted by Gasteiger charge is 2.48. The SMILES string of the molecule is CN1CCC(NC(=O)[C@H]2O[C@@H](n3cc(C4CCCO4)c4c(N)ncnc43)[C@H](O)[C@@H]2O)CC1. The molecule has 11 nitrogen and oxygen atoms in total. The quantitative estimate of drug-likeness (QED) is 0.496. The van der Waals surface area contributed by atoms with Gasteiger partial charge in [0.25, 0.3) is 5.91 Å². The van der Waals surface area contributed by atoms with Crippen LogP contribution in [0.3, 0.4) is 0 Å². The van der Waals surface area contributed by atoms with E-state index < -0.39 is 30.4 Å². The van der Waals surface area contributed by atoms with Crippen LogP contribution in [0.2, 0.25) is 0 Å². The number of ether oxygens (including phenoxy) is 2. The number of nitrogens with one attached hydrogen (secondary N) is 1. The van der Waals surface area contributed by atoms with Gasteiger partial charge in [-0.05, 0) is 45.8 Å². The van der Waals surface area contributed by atoms with Gasteiger partial charge in [0.05, 0.1) is 11.5 Å². The zero-order chi connectivity index (χ0) is 22.4. The van der Waals surface area contributed by atoms with Gasteiger partial charge >= 0.3 is 0 Å². The van der Waals surface area contributed by atoms with Crippen molar-refractivity contribution >= 4 is 22.8 Å². The van der Waals surface area contributed by atoms with Crippen molar-refractivity contribution in [1.29, 1.82) is 0 Å². The van der Waals surface area contributed by atoms with Crippen LogP contribution >= 0.6 is 0 Å². The predicted molar refractivity (Wildman–Crippen MR) is 114 cm³/mol. The molecule has 1 unspecified atom stereocenters. The third kappa shape index (κ3) is 3.73. The molecule has 3 saturated heterocycles. The number of fused-ring (bicyclic) bond motifs is 1. The van der Waals surface area contributed by atoms with Gasteiger partial charge in [0.15, 0.2) is 12.3 Å². The fourth-order valence-corrected chi connectivity index (χ4v) is 4.94. The van der Waals surface area contributed by atoms with Crippen LogP contribution in [-0.2, 0) is 14.3 Å². The van der Waals surface area contributed by atoms with Crippen molar-refractivity contribution in [3.05, 3.63) is 18.1 Å². The van der Waals surface area contributed by atoms with Crippen LogP contribution in [0.25, 0.3) is 11.0 Å². The maximum Gasteiger partial charge on any atom is 0.252 e. The fraction of sp³-hybridized carbons (Fsp3) is 0.667. The van der Waals surface area contributed by atoms with Gasteiger partial charge in [0, 0.05) is 24.4 Å². The molecule has 5 rings (SSSR count). The summed E-state index contributed by atoms with van der Waals surface area (Å²) in [7, 11) is 2.05. The zero-order valence-electron chi connectivity index (χ0n) is 18.1. The van der Waals surface area contributed by atoms with E-state index >= 15 is 0 Å². The third-order valence-corrected chi connectivity index (χ3v) is 6.78. The molecular formula is C21H30N6O5. The fourth-order valence-electron chi connectivity index (χ4n) is 4.94. The zero-order valence-corrected chi connectivity index (χ0v) is 18.1. The Morgan fingerprint density at radius 2 is 2.00 bits per heavy atom. The molecule has 2 aromatic rings. The molecule has 174 valence electrons. The highest BCUT2D eigenvalue weighted by atomic mass is 16.6. The van der Waals surface area contributed by atoms with E-state index in [1.54, 1.807) is 10.8 Å². The summed E-state index contributed by atoms with van der Waals surface area (Å²) in [4.78, 5) is 23.5. The van der Waals surface area contributed by atoms with E-state index in [1.165, 1.54) is 6.33 Å². The molecule has 0 aliphatic carbocycles. The number of nitrogen functional groups attached to an aromatic ring is 1. The van der Waals surface area contributed by atoms with Gasteiger partial charge in [-0.15, -0.1) is 0 Å². The Hall–Kier alpha value is -2.31. The Bertz CT molecular complexity index is 984. The van der Waals surface area contributed by atoms with Gasteiger partial charge in [-0.1, -0.05) is 0 Å². The van der Waals surface area contributed by atoms with Crippen LogP contribution < -0.4 is 11.1 Å². The summed E-state index contributed by atoms with van der Waals surface area (Å²) in [5.41, 5.74) is 7.44. The summed E-state index contributed by atoms with van der Waals surface area (Å²) in [6, 6.07) is 0.0248. The van der Waals surface area contributed by atoms with Gasteiger partial charge in [-0.2, -0.15) is 0 Å². The second kappa shape index (κ2) is 8.56. The van der Waals surface area contributed by atoms with Crippen molar-refractivity contribution in [2.75, 3.05) is 32.5 Å². The number of hydrogen-bond acceptors (Lipinski definition) is 9. The monoisotopic (exact) mass is 446 g/mol. The van der Waals surface area contributed by atoms with Gasteiger partial charge in [-0.3, -0.25) is 4.79 Å². The van der Waals surface area contributed by atoms with Crippen LogP contribution in [0.15, 0.2) is 12.5 Å². The topological polar surface area (TPSA) is 148 Å². The molecule has 3 aliphatic heterocycles. The van der Waals surface area contributed by atoms with E-state index in [4.69, 9.17) is 15.2 Å². The van der Waals surface area contributed by atoms with E-state index in [-0.39, 0.29) is 12.1 Å². The number of aromatic nitrogens is 3. The minimum absolute atomic E-state index is 0.0248. The Labute approximate surface area is 185 Å². The number of piperidine rings is 1. The molecule has 32 heavy (non-hydrogen) atoms. The average molecular weight is 447 g/mol. The van der Waals surface area contributed by atoms with Crippen LogP contribution in [0.5, 0.6) is 0 Å². The van der Waals surface area contributed by atoms with Gasteiger partial charge in [0.2, 0.25) is 0 Å². The number of anilines is 1. The van der Waals surface area contributed by atoms with Crippen LogP contribution in [-0.4, -0.2) is 86.7 Å². The van der Waals surface area contributed by atoms with E-state index in [0.29, 0.717) is 23.5 Å². The highest BCUT2D eigenvalue weighted by molar-refractivity contribution is 5.90. The number of likely N-dealkylation sites (tertiary alicyclic amines) is 1. The standard InChI is InChI=1S/C21H30N6O5/c1-26-6-4-11(5-7-26)25-20(30)17-15(28)16(29)21(32-17)27-9-12(13-3-2-8-31-13)14-18(22)23-10-24-19(14)27/h9-11,13,15-17,21,28-29H,2-8H2,1H3,(H,25,30)(H2,22,23,24)/t13?,15-,16+,17-,21+/m0/s1.